The van der Waals surface area contributed by atoms with Crippen LogP contribution in [0, 0.1) is 12.7 Å². The van der Waals surface area contributed by atoms with E-state index in [4.69, 9.17) is 21.1 Å². The number of carbonyl (C=O) groups excluding carboxylic acids is 2. The highest BCUT2D eigenvalue weighted by molar-refractivity contribution is 6.31. The molecule has 0 saturated carbocycles. The Labute approximate surface area is 272 Å². The van der Waals surface area contributed by atoms with Gasteiger partial charge in [0.15, 0.2) is 0 Å². The Morgan fingerprint density at radius 1 is 0.979 bits per heavy atom. The first-order valence-corrected chi connectivity index (χ1v) is 14.6. The standard InChI is InChI=1S/C33H24ClF7N2O5/c1-3-47-27(45)14-24-20-11-18(12-22(29(20)35)33(39,40)41)28-16(2)6-4-9-25(28)48-19-8-5-7-17(10-19)30(31(46)42-24)43-15-23(34)21(13-26(43)44)32(36,37)38/h4-13,15,24,30H,3,14H2,1-2H3,(H,42,46)/t24-,30-/m0/s1. The van der Waals surface area contributed by atoms with E-state index in [1.54, 1.807) is 19.1 Å². The number of ether oxygens (including phenoxy) is 2. The van der Waals surface area contributed by atoms with Gasteiger partial charge in [-0.25, -0.2) is 4.39 Å². The van der Waals surface area contributed by atoms with Crippen LogP contribution in [0.2, 0.25) is 5.02 Å². The van der Waals surface area contributed by atoms with Crippen molar-refractivity contribution in [3.05, 3.63) is 116 Å². The molecule has 1 aromatic heterocycles. The number of alkyl halides is 6. The van der Waals surface area contributed by atoms with E-state index in [9.17, 15) is 40.7 Å². The second-order valence-corrected chi connectivity index (χ2v) is 11.2. The van der Waals surface area contributed by atoms with Crippen molar-refractivity contribution in [1.82, 2.24) is 9.88 Å². The first kappa shape index (κ1) is 34.5. The van der Waals surface area contributed by atoms with E-state index < -0.39 is 75.8 Å². The van der Waals surface area contributed by atoms with Gasteiger partial charge in [0.2, 0.25) is 5.91 Å². The molecule has 0 radical (unpaired) electrons. The lowest BCUT2D eigenvalue weighted by Crippen LogP contribution is -2.40. The topological polar surface area (TPSA) is 86.6 Å². The van der Waals surface area contributed by atoms with Crippen LogP contribution in [0.1, 0.15) is 53.2 Å². The van der Waals surface area contributed by atoms with Crippen molar-refractivity contribution in [3.63, 3.8) is 0 Å². The third-order valence-corrected chi connectivity index (χ3v) is 7.86. The van der Waals surface area contributed by atoms with Crippen LogP contribution in [0.25, 0.3) is 11.1 Å². The molecule has 1 amide bonds. The number of hydrogen-bond acceptors (Lipinski definition) is 5. The van der Waals surface area contributed by atoms with Crippen LogP contribution in [-0.2, 0) is 26.7 Å². The smallest absolute Gasteiger partial charge is 0.419 e. The maximum atomic E-state index is 15.9. The predicted octanol–water partition coefficient (Wildman–Crippen LogP) is 8.16. The second kappa shape index (κ2) is 13.0. The van der Waals surface area contributed by atoms with E-state index in [1.807, 2.05) is 0 Å². The molecule has 5 rings (SSSR count). The molecule has 1 aliphatic heterocycles. The van der Waals surface area contributed by atoms with Gasteiger partial charge in [0.25, 0.3) is 5.56 Å². The number of esters is 1. The highest BCUT2D eigenvalue weighted by atomic mass is 35.5. The van der Waals surface area contributed by atoms with E-state index in [-0.39, 0.29) is 40.9 Å². The van der Waals surface area contributed by atoms with Gasteiger partial charge in [-0.2, -0.15) is 26.3 Å². The van der Waals surface area contributed by atoms with Gasteiger partial charge in [-0.15, -0.1) is 0 Å². The van der Waals surface area contributed by atoms with Crippen molar-refractivity contribution >= 4 is 23.5 Å². The van der Waals surface area contributed by atoms with Gasteiger partial charge in [-0.1, -0.05) is 35.9 Å². The number of aryl methyl sites for hydroxylation is 1. The number of halogens is 8. The number of amides is 1. The first-order valence-electron chi connectivity index (χ1n) is 14.2. The van der Waals surface area contributed by atoms with Gasteiger partial charge >= 0.3 is 18.3 Å². The average Bonchev–Trinajstić information content (AvgIpc) is 2.98. The summed E-state index contributed by atoms with van der Waals surface area (Å²) in [5.41, 5.74) is -4.88. The molecule has 3 aromatic carbocycles. The van der Waals surface area contributed by atoms with Crippen molar-refractivity contribution in [3.8, 4) is 22.6 Å². The van der Waals surface area contributed by atoms with Crippen molar-refractivity contribution in [1.29, 1.82) is 0 Å². The van der Waals surface area contributed by atoms with Crippen LogP contribution in [0.3, 0.4) is 0 Å². The molecule has 0 aliphatic carbocycles. The molecule has 0 spiro atoms. The summed E-state index contributed by atoms with van der Waals surface area (Å²) in [7, 11) is 0. The molecule has 2 heterocycles. The minimum atomic E-state index is -5.23. The molecule has 0 saturated heterocycles. The largest absolute Gasteiger partial charge is 0.466 e. The number of hydrogen-bond donors (Lipinski definition) is 1. The average molecular weight is 697 g/mol. The molecule has 4 aromatic rings. The molecule has 7 nitrogen and oxygen atoms in total. The minimum Gasteiger partial charge on any atom is -0.466 e. The number of nitrogens with zero attached hydrogens (tertiary/aromatic N) is 1. The number of benzene rings is 3. The first-order chi connectivity index (χ1) is 22.5. The third-order valence-electron chi connectivity index (χ3n) is 7.56. The molecule has 48 heavy (non-hydrogen) atoms. The fraction of sp³-hybridized carbons (Fsp3) is 0.242. The molecule has 0 fully saturated rings. The van der Waals surface area contributed by atoms with Gasteiger partial charge in [0, 0.05) is 23.4 Å². The molecule has 2 atom stereocenters. The Bertz CT molecular complexity index is 1970. The zero-order chi connectivity index (χ0) is 35.1. The number of carbonyl (C=O) groups is 2. The summed E-state index contributed by atoms with van der Waals surface area (Å²) in [4.78, 5) is 39.9. The highest BCUT2D eigenvalue weighted by Gasteiger charge is 2.39. The summed E-state index contributed by atoms with van der Waals surface area (Å²) in [5.74, 6) is -3.95. The number of rotatable bonds is 4. The van der Waals surface area contributed by atoms with Crippen LogP contribution >= 0.6 is 11.6 Å². The van der Waals surface area contributed by atoms with Crippen LogP contribution in [0.4, 0.5) is 30.7 Å². The van der Waals surface area contributed by atoms with Gasteiger partial charge in [0.05, 0.1) is 35.2 Å². The third kappa shape index (κ3) is 6.89. The highest BCUT2D eigenvalue weighted by Crippen LogP contribution is 2.43. The van der Waals surface area contributed by atoms with Crippen LogP contribution < -0.4 is 15.6 Å². The van der Waals surface area contributed by atoms with Crippen LogP contribution in [-0.4, -0.2) is 23.1 Å². The molecule has 15 heteroatoms. The lowest BCUT2D eigenvalue weighted by molar-refractivity contribution is -0.144. The summed E-state index contributed by atoms with van der Waals surface area (Å²) in [5, 5.41) is 1.41. The number of fused-ring (bicyclic) bond motifs is 6. The van der Waals surface area contributed by atoms with Crippen molar-refractivity contribution in [2.75, 3.05) is 6.61 Å². The molecular formula is C33H24ClF7N2O5. The number of nitrogens with one attached hydrogen (secondary N) is 1. The lowest BCUT2D eigenvalue weighted by atomic mass is 9.91. The van der Waals surface area contributed by atoms with Gasteiger partial charge < -0.3 is 14.8 Å². The van der Waals surface area contributed by atoms with E-state index in [0.29, 0.717) is 22.4 Å². The summed E-state index contributed by atoms with van der Waals surface area (Å²) >= 11 is 5.91. The Morgan fingerprint density at radius 2 is 1.67 bits per heavy atom. The quantitative estimate of drug-likeness (QED) is 0.172. The molecular weight excluding hydrogens is 673 g/mol. The summed E-state index contributed by atoms with van der Waals surface area (Å²) in [6, 6.07) is 8.23. The van der Waals surface area contributed by atoms with Gasteiger partial charge in [-0.05, 0) is 60.9 Å². The fourth-order valence-corrected chi connectivity index (χ4v) is 5.74. The number of aromatic nitrogens is 1. The fourth-order valence-electron chi connectivity index (χ4n) is 5.48. The Hall–Kier alpha value is -4.85. The number of pyridine rings is 1. The zero-order valence-electron chi connectivity index (χ0n) is 24.9. The normalized spacial score (nSPS) is 16.4. The second-order valence-electron chi connectivity index (χ2n) is 10.8. The van der Waals surface area contributed by atoms with E-state index in [2.05, 4.69) is 5.32 Å². The Kier molecular flexibility index (Phi) is 9.33. The van der Waals surface area contributed by atoms with E-state index in [0.717, 1.165) is 6.07 Å². The predicted molar refractivity (Wildman–Crippen MR) is 159 cm³/mol. The monoisotopic (exact) mass is 696 g/mol. The zero-order valence-corrected chi connectivity index (χ0v) is 25.7. The molecule has 1 aliphatic rings. The lowest BCUT2D eigenvalue weighted by Gasteiger charge is -2.26. The van der Waals surface area contributed by atoms with E-state index in [1.165, 1.54) is 37.3 Å². The van der Waals surface area contributed by atoms with Crippen molar-refractivity contribution in [2.45, 2.75) is 44.7 Å². The molecule has 4 bridgehead atoms. The van der Waals surface area contributed by atoms with E-state index >= 15 is 4.39 Å². The van der Waals surface area contributed by atoms with Gasteiger partial charge in [0.1, 0.15) is 23.4 Å². The Balaban J connectivity index is 1.83. The summed E-state index contributed by atoms with van der Waals surface area (Å²) in [6.45, 7) is 2.88. The summed E-state index contributed by atoms with van der Waals surface area (Å²) < 4.78 is 111. The van der Waals surface area contributed by atoms with Crippen LogP contribution in [0.5, 0.6) is 11.5 Å². The molecule has 1 N–H and O–H groups in total. The maximum Gasteiger partial charge on any atom is 0.419 e. The molecule has 252 valence electrons. The van der Waals surface area contributed by atoms with Crippen molar-refractivity contribution in [2.24, 2.45) is 0 Å². The van der Waals surface area contributed by atoms with Crippen LogP contribution in [0.15, 0.2) is 71.7 Å². The minimum absolute atomic E-state index is 0.0314. The SMILES string of the molecule is CCOC(=O)C[C@@H]1NC(=O)[C@@H](n2cc(Cl)c(C(F)(F)F)cc2=O)c2cccc(c2)Oc2cccc(C)c2-c2cc1c(F)c(C(F)(F)F)c2. The summed E-state index contributed by atoms with van der Waals surface area (Å²) in [6.07, 6.45) is -10.5. The Morgan fingerprint density at radius 3 is 2.33 bits per heavy atom. The molecule has 0 unspecified atom stereocenters. The maximum absolute atomic E-state index is 15.9. The van der Waals surface area contributed by atoms with Crippen molar-refractivity contribution < 1.29 is 49.8 Å². The van der Waals surface area contributed by atoms with Gasteiger partial charge in [-0.3, -0.25) is 19.0 Å².